The molecule has 0 spiro atoms. The van der Waals surface area contributed by atoms with Gasteiger partial charge in [0, 0.05) is 23.2 Å². The zero-order valence-electron chi connectivity index (χ0n) is 13.1. The molecule has 26 heavy (non-hydrogen) atoms. The zero-order chi connectivity index (χ0) is 19.1. The van der Waals surface area contributed by atoms with Crippen LogP contribution in [0.4, 0.5) is 5.69 Å². The molecule has 0 radical (unpaired) electrons. The maximum absolute atomic E-state index is 11.7. The lowest BCUT2D eigenvalue weighted by atomic mass is 10.2. The van der Waals surface area contributed by atoms with E-state index in [4.69, 9.17) is 11.6 Å². The van der Waals surface area contributed by atoms with Gasteiger partial charge in [0.25, 0.3) is 5.69 Å². The molecule has 10 heteroatoms. The Hall–Kier alpha value is -3.46. The number of nitrogens with zero attached hydrogens (tertiary/aromatic N) is 2. The number of carbonyl (C=O) groups excluding carboxylic acids is 2. The fraction of sp³-hybridized carbons (Fsp3) is 0.0625. The number of halogens is 1. The number of amides is 2. The summed E-state index contributed by atoms with van der Waals surface area (Å²) in [6.45, 7) is 0.129. The highest BCUT2D eigenvalue weighted by atomic mass is 35.5. The lowest BCUT2D eigenvalue weighted by Crippen LogP contribution is -2.37. The summed E-state index contributed by atoms with van der Waals surface area (Å²) in [5.41, 5.74) is 2.35. The fourth-order valence-electron chi connectivity index (χ4n) is 1.84. The van der Waals surface area contributed by atoms with Crippen LogP contribution in [0.1, 0.15) is 11.1 Å². The molecule has 2 aromatic carbocycles. The first-order valence-corrected chi connectivity index (χ1v) is 7.56. The smallest absolute Gasteiger partial charge is 0.329 e. The van der Waals surface area contributed by atoms with Crippen molar-refractivity contribution in [3.05, 3.63) is 68.7 Å². The molecule has 2 N–H and O–H groups in total. The van der Waals surface area contributed by atoms with Gasteiger partial charge in [-0.1, -0.05) is 35.9 Å². The molecule has 0 saturated carbocycles. The fourth-order valence-corrected chi connectivity index (χ4v) is 1.96. The predicted octanol–water partition coefficient (Wildman–Crippen LogP) is 1.09. The number of hydrazone groups is 1. The molecule has 0 heterocycles. The topological polar surface area (TPSA) is 137 Å². The lowest BCUT2D eigenvalue weighted by molar-refractivity contribution is -0.398. The Morgan fingerprint density at radius 3 is 2.50 bits per heavy atom. The van der Waals surface area contributed by atoms with E-state index in [2.05, 4.69) is 10.4 Å². The summed E-state index contributed by atoms with van der Waals surface area (Å²) in [6, 6.07) is 10.0. The van der Waals surface area contributed by atoms with Crippen LogP contribution in [0.5, 0.6) is 5.75 Å². The first-order valence-electron chi connectivity index (χ1n) is 7.18. The molecule has 0 aliphatic heterocycles. The van der Waals surface area contributed by atoms with Gasteiger partial charge in [0.2, 0.25) is 0 Å². The van der Waals surface area contributed by atoms with Crippen molar-refractivity contribution in [1.29, 1.82) is 0 Å². The van der Waals surface area contributed by atoms with E-state index in [0.29, 0.717) is 5.02 Å². The number of nitro benzene ring substituents is 1. The summed E-state index contributed by atoms with van der Waals surface area (Å²) >= 11 is 5.75. The molecule has 2 aromatic rings. The average molecular weight is 376 g/mol. The number of carbonyl (C=O) groups is 2. The van der Waals surface area contributed by atoms with E-state index in [1.807, 2.05) is 5.43 Å². The van der Waals surface area contributed by atoms with Crippen molar-refractivity contribution in [1.82, 2.24) is 10.7 Å². The van der Waals surface area contributed by atoms with Crippen molar-refractivity contribution in [3.63, 3.8) is 0 Å². The molecule has 0 aliphatic carbocycles. The number of nitro groups is 1. The van der Waals surface area contributed by atoms with Gasteiger partial charge in [-0.3, -0.25) is 19.7 Å². The second-order valence-corrected chi connectivity index (χ2v) is 5.43. The van der Waals surface area contributed by atoms with Crippen LogP contribution in [-0.2, 0) is 16.1 Å². The standard InChI is InChI=1S/C16H13ClN4O5/c17-12-4-1-10(2-5-12)8-18-15(23)16(24)20-19-9-11-3-6-14(22)13(7-11)21(25)26/h1-7,9,22H,8H2,(H,18,23)(H,20,24)/p-1/b19-9-. The third-order valence-electron chi connectivity index (χ3n) is 3.13. The van der Waals surface area contributed by atoms with Crippen molar-refractivity contribution in [2.75, 3.05) is 0 Å². The molecule has 9 nitrogen and oxygen atoms in total. The molecule has 0 bridgehead atoms. The minimum atomic E-state index is -1.01. The van der Waals surface area contributed by atoms with Crippen LogP contribution in [0.2, 0.25) is 5.02 Å². The van der Waals surface area contributed by atoms with Gasteiger partial charge in [-0.15, -0.1) is 0 Å². The number of rotatable bonds is 5. The quantitative estimate of drug-likeness (QED) is 0.349. The van der Waals surface area contributed by atoms with E-state index in [9.17, 15) is 24.8 Å². The number of nitrogens with one attached hydrogen (secondary N) is 2. The predicted molar refractivity (Wildman–Crippen MR) is 91.6 cm³/mol. The maximum atomic E-state index is 11.7. The van der Waals surface area contributed by atoms with Gasteiger partial charge in [-0.05, 0) is 23.4 Å². The van der Waals surface area contributed by atoms with Crippen LogP contribution in [0.15, 0.2) is 47.6 Å². The Bertz CT molecular complexity index is 867. The van der Waals surface area contributed by atoms with E-state index in [1.165, 1.54) is 6.07 Å². The molecule has 0 unspecified atom stereocenters. The molecule has 2 rings (SSSR count). The summed E-state index contributed by atoms with van der Waals surface area (Å²) < 4.78 is 0. The SMILES string of the molecule is O=C(NCc1ccc(Cl)cc1)C(=O)N/N=C\c1ccc([O-])c([N+](=O)[O-])c1. The normalized spacial score (nSPS) is 10.5. The summed E-state index contributed by atoms with van der Waals surface area (Å²) in [6.07, 6.45) is 1.08. The Morgan fingerprint density at radius 1 is 1.15 bits per heavy atom. The molecule has 0 fully saturated rings. The number of benzene rings is 2. The molecular weight excluding hydrogens is 364 g/mol. The minimum absolute atomic E-state index is 0.129. The van der Waals surface area contributed by atoms with Crippen LogP contribution in [0, 0.1) is 10.1 Å². The molecule has 0 saturated heterocycles. The van der Waals surface area contributed by atoms with Crippen LogP contribution < -0.4 is 15.8 Å². The average Bonchev–Trinajstić information content (AvgIpc) is 2.62. The van der Waals surface area contributed by atoms with Crippen molar-refractivity contribution in [2.45, 2.75) is 6.54 Å². The zero-order valence-corrected chi connectivity index (χ0v) is 13.9. The maximum Gasteiger partial charge on any atom is 0.329 e. The highest BCUT2D eigenvalue weighted by molar-refractivity contribution is 6.35. The van der Waals surface area contributed by atoms with Crippen LogP contribution in [0.3, 0.4) is 0 Å². The Kier molecular flexibility index (Phi) is 6.23. The Labute approximate surface area is 152 Å². The van der Waals surface area contributed by atoms with E-state index in [1.54, 1.807) is 24.3 Å². The first kappa shape index (κ1) is 18.9. The molecule has 0 aliphatic rings. The van der Waals surface area contributed by atoms with E-state index < -0.39 is 28.2 Å². The minimum Gasteiger partial charge on any atom is -0.868 e. The van der Waals surface area contributed by atoms with Gasteiger partial charge in [-0.25, -0.2) is 5.43 Å². The summed E-state index contributed by atoms with van der Waals surface area (Å²) in [7, 11) is 0. The third kappa shape index (κ3) is 5.28. The van der Waals surface area contributed by atoms with Crippen molar-refractivity contribution < 1.29 is 19.6 Å². The van der Waals surface area contributed by atoms with Gasteiger partial charge in [0.1, 0.15) is 0 Å². The van der Waals surface area contributed by atoms with E-state index in [0.717, 1.165) is 23.9 Å². The largest absolute Gasteiger partial charge is 0.868 e. The van der Waals surface area contributed by atoms with Crippen molar-refractivity contribution >= 4 is 35.3 Å². The second kappa shape index (κ2) is 8.58. The van der Waals surface area contributed by atoms with Gasteiger partial charge in [0.15, 0.2) is 0 Å². The van der Waals surface area contributed by atoms with Crippen LogP contribution >= 0.6 is 11.6 Å². The van der Waals surface area contributed by atoms with Gasteiger partial charge in [-0.2, -0.15) is 5.10 Å². The van der Waals surface area contributed by atoms with E-state index >= 15 is 0 Å². The van der Waals surface area contributed by atoms with Crippen molar-refractivity contribution in [2.24, 2.45) is 5.10 Å². The molecule has 2 amide bonds. The van der Waals surface area contributed by atoms with Crippen LogP contribution in [-0.4, -0.2) is 23.0 Å². The first-order chi connectivity index (χ1) is 12.4. The highest BCUT2D eigenvalue weighted by Gasteiger charge is 2.12. The Balaban J connectivity index is 1.88. The van der Waals surface area contributed by atoms with Gasteiger partial charge < -0.3 is 10.4 Å². The highest BCUT2D eigenvalue weighted by Crippen LogP contribution is 2.22. The summed E-state index contributed by atoms with van der Waals surface area (Å²) in [4.78, 5) is 33.1. The van der Waals surface area contributed by atoms with Gasteiger partial charge >= 0.3 is 11.8 Å². The lowest BCUT2D eigenvalue weighted by Gasteiger charge is -2.06. The summed E-state index contributed by atoms with van der Waals surface area (Å²) in [5, 5.41) is 28.4. The molecule has 0 atom stereocenters. The Morgan fingerprint density at radius 2 is 1.85 bits per heavy atom. The van der Waals surface area contributed by atoms with E-state index in [-0.39, 0.29) is 12.1 Å². The number of hydrogen-bond acceptors (Lipinski definition) is 6. The molecule has 134 valence electrons. The summed E-state index contributed by atoms with van der Waals surface area (Å²) in [5.74, 6) is -2.65. The van der Waals surface area contributed by atoms with Gasteiger partial charge in [0.05, 0.1) is 11.1 Å². The van der Waals surface area contributed by atoms with Crippen LogP contribution in [0.25, 0.3) is 0 Å². The molecule has 0 aromatic heterocycles. The number of hydrogen-bond donors (Lipinski definition) is 2. The van der Waals surface area contributed by atoms with Crippen molar-refractivity contribution in [3.8, 4) is 5.75 Å². The third-order valence-corrected chi connectivity index (χ3v) is 3.38. The second-order valence-electron chi connectivity index (χ2n) is 4.99. The molecular formula is C16H12ClN4O5-. The monoisotopic (exact) mass is 375 g/mol.